The standard InChI is InChI=1S/C16H17BrFNO/c1-10-8-13(17)6-7-15(10)20-16(11(2)19)12-4-3-5-14(18)9-12/h3-9,11,16H,19H2,1-2H3. The summed E-state index contributed by atoms with van der Waals surface area (Å²) < 4.78 is 20.3. The van der Waals surface area contributed by atoms with E-state index in [9.17, 15) is 4.39 Å². The maximum atomic E-state index is 13.4. The molecule has 0 spiro atoms. The van der Waals surface area contributed by atoms with E-state index in [0.717, 1.165) is 21.3 Å². The summed E-state index contributed by atoms with van der Waals surface area (Å²) in [5.41, 5.74) is 7.73. The van der Waals surface area contributed by atoms with E-state index in [1.54, 1.807) is 6.07 Å². The van der Waals surface area contributed by atoms with Crippen molar-refractivity contribution in [1.29, 1.82) is 0 Å². The van der Waals surface area contributed by atoms with Gasteiger partial charge >= 0.3 is 0 Å². The molecule has 2 aromatic carbocycles. The first-order chi connectivity index (χ1) is 9.47. The van der Waals surface area contributed by atoms with E-state index >= 15 is 0 Å². The zero-order chi connectivity index (χ0) is 14.7. The van der Waals surface area contributed by atoms with Gasteiger partial charge in [-0.05, 0) is 55.3 Å². The number of hydrogen-bond acceptors (Lipinski definition) is 2. The van der Waals surface area contributed by atoms with E-state index < -0.39 is 0 Å². The molecule has 2 atom stereocenters. The predicted molar refractivity (Wildman–Crippen MR) is 82.3 cm³/mol. The van der Waals surface area contributed by atoms with Crippen molar-refractivity contribution in [2.45, 2.75) is 26.0 Å². The fraction of sp³-hybridized carbons (Fsp3) is 0.250. The number of rotatable bonds is 4. The lowest BCUT2D eigenvalue weighted by Crippen LogP contribution is -2.29. The normalized spacial score (nSPS) is 13.8. The molecule has 2 nitrogen and oxygen atoms in total. The Balaban J connectivity index is 2.30. The molecule has 0 amide bonds. The third-order valence-electron chi connectivity index (χ3n) is 3.05. The number of benzene rings is 2. The highest BCUT2D eigenvalue weighted by Crippen LogP contribution is 2.29. The molecule has 0 bridgehead atoms. The monoisotopic (exact) mass is 337 g/mol. The molecule has 0 heterocycles. The first-order valence-electron chi connectivity index (χ1n) is 6.41. The predicted octanol–water partition coefficient (Wildman–Crippen LogP) is 4.36. The van der Waals surface area contributed by atoms with Gasteiger partial charge < -0.3 is 10.5 Å². The van der Waals surface area contributed by atoms with Gasteiger partial charge in [-0.25, -0.2) is 4.39 Å². The number of hydrogen-bond donors (Lipinski definition) is 1. The van der Waals surface area contributed by atoms with Gasteiger partial charge in [-0.15, -0.1) is 0 Å². The van der Waals surface area contributed by atoms with Crippen LogP contribution in [0.15, 0.2) is 46.9 Å². The minimum atomic E-state index is -0.384. The van der Waals surface area contributed by atoms with E-state index in [2.05, 4.69) is 15.9 Å². The number of nitrogens with two attached hydrogens (primary N) is 1. The molecule has 0 saturated carbocycles. The second-order valence-electron chi connectivity index (χ2n) is 4.86. The van der Waals surface area contributed by atoms with Crippen LogP contribution < -0.4 is 10.5 Å². The zero-order valence-electron chi connectivity index (χ0n) is 11.4. The largest absolute Gasteiger partial charge is 0.484 e. The van der Waals surface area contributed by atoms with Crippen LogP contribution in [0.25, 0.3) is 0 Å². The van der Waals surface area contributed by atoms with Crippen LogP contribution >= 0.6 is 15.9 Å². The number of ether oxygens (including phenoxy) is 1. The minimum Gasteiger partial charge on any atom is -0.484 e. The third kappa shape index (κ3) is 3.58. The molecule has 0 aliphatic heterocycles. The van der Waals surface area contributed by atoms with Crippen molar-refractivity contribution in [2.75, 3.05) is 0 Å². The zero-order valence-corrected chi connectivity index (χ0v) is 13.0. The molecule has 0 fully saturated rings. The van der Waals surface area contributed by atoms with Crippen LogP contribution in [0.3, 0.4) is 0 Å². The number of aryl methyl sites for hydroxylation is 1. The summed E-state index contributed by atoms with van der Waals surface area (Å²) in [5.74, 6) is 0.462. The molecule has 0 aromatic heterocycles. The summed E-state index contributed by atoms with van der Waals surface area (Å²) in [7, 11) is 0. The van der Waals surface area contributed by atoms with Gasteiger partial charge in [-0.3, -0.25) is 0 Å². The van der Waals surface area contributed by atoms with Crippen molar-refractivity contribution in [3.63, 3.8) is 0 Å². The van der Waals surface area contributed by atoms with E-state index in [1.807, 2.05) is 38.1 Å². The second-order valence-corrected chi connectivity index (χ2v) is 5.78. The summed E-state index contributed by atoms with van der Waals surface area (Å²) in [6, 6.07) is 11.9. The van der Waals surface area contributed by atoms with Gasteiger partial charge in [0, 0.05) is 10.5 Å². The topological polar surface area (TPSA) is 35.2 Å². The van der Waals surface area contributed by atoms with Crippen LogP contribution in [0, 0.1) is 12.7 Å². The fourth-order valence-electron chi connectivity index (χ4n) is 2.04. The Bertz CT molecular complexity index is 601. The molecule has 2 N–H and O–H groups in total. The lowest BCUT2D eigenvalue weighted by molar-refractivity contribution is 0.179. The molecule has 4 heteroatoms. The SMILES string of the molecule is Cc1cc(Br)ccc1OC(c1cccc(F)c1)C(C)N. The molecular formula is C16H17BrFNO. The van der Waals surface area contributed by atoms with Gasteiger partial charge in [-0.1, -0.05) is 28.1 Å². The molecular weight excluding hydrogens is 321 g/mol. The van der Waals surface area contributed by atoms with Crippen molar-refractivity contribution in [3.8, 4) is 5.75 Å². The molecule has 0 radical (unpaired) electrons. The fourth-order valence-corrected chi connectivity index (χ4v) is 2.52. The van der Waals surface area contributed by atoms with Gasteiger partial charge in [0.2, 0.25) is 0 Å². The summed E-state index contributed by atoms with van der Waals surface area (Å²) in [4.78, 5) is 0. The van der Waals surface area contributed by atoms with Crippen molar-refractivity contribution in [1.82, 2.24) is 0 Å². The van der Waals surface area contributed by atoms with E-state index in [0.29, 0.717) is 0 Å². The summed E-state index contributed by atoms with van der Waals surface area (Å²) in [6.07, 6.45) is -0.384. The van der Waals surface area contributed by atoms with Crippen LogP contribution in [0.2, 0.25) is 0 Å². The molecule has 0 saturated heterocycles. The van der Waals surface area contributed by atoms with Crippen LogP contribution in [0.1, 0.15) is 24.2 Å². The van der Waals surface area contributed by atoms with Gasteiger partial charge in [0.05, 0.1) is 0 Å². The van der Waals surface area contributed by atoms with Gasteiger partial charge in [0.1, 0.15) is 17.7 Å². The quantitative estimate of drug-likeness (QED) is 0.899. The van der Waals surface area contributed by atoms with Crippen molar-refractivity contribution >= 4 is 15.9 Å². The van der Waals surface area contributed by atoms with Crippen molar-refractivity contribution in [3.05, 3.63) is 63.9 Å². The Hall–Kier alpha value is -1.39. The van der Waals surface area contributed by atoms with E-state index in [1.165, 1.54) is 12.1 Å². The Morgan fingerprint density at radius 3 is 2.55 bits per heavy atom. The third-order valence-corrected chi connectivity index (χ3v) is 3.54. The molecule has 0 aliphatic rings. The smallest absolute Gasteiger partial charge is 0.139 e. The first kappa shape index (κ1) is 15.0. The summed E-state index contributed by atoms with van der Waals surface area (Å²) in [5, 5.41) is 0. The molecule has 106 valence electrons. The van der Waals surface area contributed by atoms with Gasteiger partial charge in [0.15, 0.2) is 0 Å². The average molecular weight is 338 g/mol. The van der Waals surface area contributed by atoms with Crippen LogP contribution in [-0.4, -0.2) is 6.04 Å². The minimum absolute atomic E-state index is 0.250. The van der Waals surface area contributed by atoms with Gasteiger partial charge in [-0.2, -0.15) is 0 Å². The average Bonchev–Trinajstić information content (AvgIpc) is 2.37. The molecule has 2 unspecified atom stereocenters. The summed E-state index contributed by atoms with van der Waals surface area (Å²) in [6.45, 7) is 3.81. The lowest BCUT2D eigenvalue weighted by Gasteiger charge is -2.24. The highest BCUT2D eigenvalue weighted by atomic mass is 79.9. The second kappa shape index (κ2) is 6.37. The van der Waals surface area contributed by atoms with Gasteiger partial charge in [0.25, 0.3) is 0 Å². The highest BCUT2D eigenvalue weighted by molar-refractivity contribution is 9.10. The van der Waals surface area contributed by atoms with E-state index in [4.69, 9.17) is 10.5 Å². The van der Waals surface area contributed by atoms with Crippen LogP contribution in [0.5, 0.6) is 5.75 Å². The Kier molecular flexibility index (Phi) is 4.78. The molecule has 2 aromatic rings. The number of halogens is 2. The summed E-state index contributed by atoms with van der Waals surface area (Å²) >= 11 is 3.42. The van der Waals surface area contributed by atoms with Crippen molar-refractivity contribution in [2.24, 2.45) is 5.73 Å². The highest BCUT2D eigenvalue weighted by Gasteiger charge is 2.19. The molecule has 0 aliphatic carbocycles. The Morgan fingerprint density at radius 1 is 1.20 bits per heavy atom. The van der Waals surface area contributed by atoms with Crippen LogP contribution in [0.4, 0.5) is 4.39 Å². The first-order valence-corrected chi connectivity index (χ1v) is 7.20. The molecule has 2 rings (SSSR count). The Morgan fingerprint density at radius 2 is 1.95 bits per heavy atom. The Labute approximate surface area is 126 Å². The van der Waals surface area contributed by atoms with Crippen LogP contribution in [-0.2, 0) is 0 Å². The lowest BCUT2D eigenvalue weighted by atomic mass is 10.0. The maximum Gasteiger partial charge on any atom is 0.139 e. The van der Waals surface area contributed by atoms with E-state index in [-0.39, 0.29) is 18.0 Å². The molecule has 20 heavy (non-hydrogen) atoms. The van der Waals surface area contributed by atoms with Crippen molar-refractivity contribution < 1.29 is 9.13 Å². The maximum absolute atomic E-state index is 13.4.